The second-order valence-electron chi connectivity index (χ2n) is 7.27. The van der Waals surface area contributed by atoms with E-state index in [4.69, 9.17) is 11.6 Å². The van der Waals surface area contributed by atoms with Gasteiger partial charge >= 0.3 is 0 Å². The molecule has 0 aliphatic carbocycles. The first-order valence-electron chi connectivity index (χ1n) is 9.52. The van der Waals surface area contributed by atoms with Gasteiger partial charge in [0.25, 0.3) is 11.5 Å². The van der Waals surface area contributed by atoms with Gasteiger partial charge in [-0.1, -0.05) is 29.8 Å². The zero-order chi connectivity index (χ0) is 22.5. The third-order valence-corrected chi connectivity index (χ3v) is 4.68. The van der Waals surface area contributed by atoms with E-state index in [1.807, 2.05) is 0 Å². The number of aliphatic hydroxyl groups is 1. The fourth-order valence-corrected chi connectivity index (χ4v) is 3.12. The summed E-state index contributed by atoms with van der Waals surface area (Å²) in [5, 5.41) is 17.4. The maximum atomic E-state index is 13.8. The first-order chi connectivity index (χ1) is 14.7. The fourth-order valence-electron chi connectivity index (χ4n) is 2.99. The van der Waals surface area contributed by atoms with Gasteiger partial charge in [-0.2, -0.15) is 9.78 Å². The summed E-state index contributed by atoms with van der Waals surface area (Å²) in [4.78, 5) is 27.6. The van der Waals surface area contributed by atoms with E-state index < -0.39 is 23.4 Å². The van der Waals surface area contributed by atoms with Crippen LogP contribution in [0.5, 0.6) is 0 Å². The zero-order valence-electron chi connectivity index (χ0n) is 17.0. The highest BCUT2D eigenvalue weighted by atomic mass is 35.5. The van der Waals surface area contributed by atoms with Crippen LogP contribution in [0.3, 0.4) is 0 Å². The molecule has 0 fully saturated rings. The van der Waals surface area contributed by atoms with Crippen LogP contribution in [-0.2, 0) is 0 Å². The number of carbonyl (C=O) groups is 1. The average molecular weight is 445 g/mol. The molecule has 3 aromatic rings. The van der Waals surface area contributed by atoms with E-state index in [1.165, 1.54) is 24.3 Å². The Hall–Kier alpha value is -3.07. The average Bonchev–Trinajstić information content (AvgIpc) is 2.72. The maximum absolute atomic E-state index is 13.8. The van der Waals surface area contributed by atoms with Crippen LogP contribution < -0.4 is 10.9 Å². The molecular weight excluding hydrogens is 423 g/mol. The molecule has 1 heterocycles. The lowest BCUT2D eigenvalue weighted by Gasteiger charge is -2.16. The van der Waals surface area contributed by atoms with Crippen molar-refractivity contribution in [2.75, 3.05) is 27.2 Å². The van der Waals surface area contributed by atoms with Gasteiger partial charge in [0.1, 0.15) is 11.4 Å². The minimum Gasteiger partial charge on any atom is -0.390 e. The number of likely N-dealkylation sites (N-methyl/N-ethyl adjacent to an activating group) is 1. The van der Waals surface area contributed by atoms with Crippen molar-refractivity contribution in [2.24, 2.45) is 0 Å². The molecule has 0 saturated heterocycles. The molecule has 9 heteroatoms. The summed E-state index contributed by atoms with van der Waals surface area (Å²) >= 11 is 5.95. The lowest BCUT2D eigenvalue weighted by Crippen LogP contribution is -2.40. The summed E-state index contributed by atoms with van der Waals surface area (Å²) in [6.45, 7) is 0.315. The number of nitrogens with zero attached hydrogens (tertiary/aromatic N) is 3. The number of benzene rings is 2. The highest BCUT2D eigenvalue weighted by Gasteiger charge is 2.18. The molecule has 2 N–H and O–H groups in total. The standard InChI is InChI=1S/C22H22ClFN4O3/c1-27(2)13-18(29)12-25-21(30)19-11-20(14-6-8-15(23)9-7-14)26-28(22(19)31)17-5-3-4-16(24)10-17/h3-11,18,29H,12-13H2,1-2H3,(H,25,30)/t18-/m1/s1. The number of aromatic nitrogens is 2. The number of hydrogen-bond donors (Lipinski definition) is 2. The summed E-state index contributed by atoms with van der Waals surface area (Å²) in [5.41, 5.74) is 0.252. The van der Waals surface area contributed by atoms with E-state index in [0.29, 0.717) is 22.8 Å². The molecule has 2 aromatic carbocycles. The molecule has 7 nitrogen and oxygen atoms in total. The predicted molar refractivity (Wildman–Crippen MR) is 117 cm³/mol. The van der Waals surface area contributed by atoms with Gasteiger partial charge in [-0.05, 0) is 50.5 Å². The van der Waals surface area contributed by atoms with E-state index in [0.717, 1.165) is 10.7 Å². The summed E-state index contributed by atoms with van der Waals surface area (Å²) in [7, 11) is 3.59. The molecule has 162 valence electrons. The Labute approximate surface area is 183 Å². The number of nitrogens with one attached hydrogen (secondary N) is 1. The maximum Gasteiger partial charge on any atom is 0.284 e. The van der Waals surface area contributed by atoms with Crippen molar-refractivity contribution in [3.8, 4) is 16.9 Å². The van der Waals surface area contributed by atoms with Crippen LogP contribution in [0, 0.1) is 5.82 Å². The van der Waals surface area contributed by atoms with Gasteiger partial charge in [-0.3, -0.25) is 9.59 Å². The molecule has 0 unspecified atom stereocenters. The minimum atomic E-state index is -0.804. The number of hydrogen-bond acceptors (Lipinski definition) is 5. The van der Waals surface area contributed by atoms with Gasteiger partial charge in [0.15, 0.2) is 0 Å². The second-order valence-corrected chi connectivity index (χ2v) is 7.71. The van der Waals surface area contributed by atoms with E-state index in [2.05, 4.69) is 10.4 Å². The molecule has 0 aliphatic rings. The lowest BCUT2D eigenvalue weighted by atomic mass is 10.1. The van der Waals surface area contributed by atoms with Gasteiger partial charge in [0, 0.05) is 23.7 Å². The second kappa shape index (κ2) is 9.82. The lowest BCUT2D eigenvalue weighted by molar-refractivity contribution is 0.0890. The van der Waals surface area contributed by atoms with E-state index in [-0.39, 0.29) is 17.8 Å². The van der Waals surface area contributed by atoms with Gasteiger partial charge in [0.2, 0.25) is 0 Å². The van der Waals surface area contributed by atoms with Crippen molar-refractivity contribution in [3.63, 3.8) is 0 Å². The van der Waals surface area contributed by atoms with Crippen molar-refractivity contribution >= 4 is 17.5 Å². The summed E-state index contributed by atoms with van der Waals surface area (Å²) in [5.74, 6) is -1.20. The molecule has 3 rings (SSSR count). The SMILES string of the molecule is CN(C)C[C@H](O)CNC(=O)c1cc(-c2ccc(Cl)cc2)nn(-c2cccc(F)c2)c1=O. The van der Waals surface area contributed by atoms with Gasteiger partial charge < -0.3 is 15.3 Å². The molecule has 1 atom stereocenters. The van der Waals surface area contributed by atoms with Gasteiger partial charge in [-0.15, -0.1) is 0 Å². The Kier molecular flexibility index (Phi) is 7.17. The Morgan fingerprint density at radius 2 is 1.94 bits per heavy atom. The quantitative estimate of drug-likeness (QED) is 0.584. The normalized spacial score (nSPS) is 12.1. The monoisotopic (exact) mass is 444 g/mol. The van der Waals surface area contributed by atoms with E-state index in [9.17, 15) is 19.1 Å². The Morgan fingerprint density at radius 3 is 2.58 bits per heavy atom. The molecule has 0 saturated carbocycles. The van der Waals surface area contributed by atoms with Crippen molar-refractivity contribution < 1.29 is 14.3 Å². The summed E-state index contributed by atoms with van der Waals surface area (Å²) in [6, 6.07) is 13.5. The van der Waals surface area contributed by atoms with Crippen LogP contribution in [0.25, 0.3) is 16.9 Å². The van der Waals surface area contributed by atoms with Crippen LogP contribution in [0.15, 0.2) is 59.4 Å². The topological polar surface area (TPSA) is 87.5 Å². The fraction of sp³-hybridized carbons (Fsp3) is 0.227. The van der Waals surface area contributed by atoms with Crippen molar-refractivity contribution in [3.05, 3.63) is 81.4 Å². The third-order valence-electron chi connectivity index (χ3n) is 4.42. The highest BCUT2D eigenvalue weighted by molar-refractivity contribution is 6.30. The zero-order valence-corrected chi connectivity index (χ0v) is 17.8. The Bertz CT molecular complexity index is 1130. The van der Waals surface area contributed by atoms with Crippen molar-refractivity contribution in [2.45, 2.75) is 6.10 Å². The predicted octanol–water partition coefficient (Wildman–Crippen LogP) is 2.34. The van der Waals surface area contributed by atoms with Crippen molar-refractivity contribution in [1.82, 2.24) is 20.0 Å². The van der Waals surface area contributed by atoms with E-state index >= 15 is 0 Å². The highest BCUT2D eigenvalue weighted by Crippen LogP contribution is 2.20. The molecule has 31 heavy (non-hydrogen) atoms. The number of halogens is 2. The minimum absolute atomic E-state index is 0.0327. The van der Waals surface area contributed by atoms with Crippen LogP contribution in [0.1, 0.15) is 10.4 Å². The van der Waals surface area contributed by atoms with Crippen LogP contribution in [0.4, 0.5) is 4.39 Å². The van der Waals surface area contributed by atoms with Crippen molar-refractivity contribution in [1.29, 1.82) is 0 Å². The van der Waals surface area contributed by atoms with Gasteiger partial charge in [0.05, 0.1) is 17.5 Å². The molecule has 0 spiro atoms. The smallest absolute Gasteiger partial charge is 0.284 e. The number of carbonyl (C=O) groups excluding carboxylic acids is 1. The molecule has 0 radical (unpaired) electrons. The molecular formula is C22H22ClFN4O3. The number of rotatable bonds is 7. The van der Waals surface area contributed by atoms with Crippen LogP contribution in [0.2, 0.25) is 5.02 Å². The molecule has 1 aromatic heterocycles. The first-order valence-corrected chi connectivity index (χ1v) is 9.89. The third kappa shape index (κ3) is 5.75. The summed E-state index contributed by atoms with van der Waals surface area (Å²) in [6.07, 6.45) is -0.804. The molecule has 1 amide bonds. The largest absolute Gasteiger partial charge is 0.390 e. The van der Waals surface area contributed by atoms with Gasteiger partial charge in [-0.25, -0.2) is 4.39 Å². The van der Waals surface area contributed by atoms with Crippen LogP contribution in [-0.4, -0.2) is 59.0 Å². The Balaban J connectivity index is 2.04. The number of amides is 1. The molecule has 0 aliphatic heterocycles. The van der Waals surface area contributed by atoms with Crippen LogP contribution >= 0.6 is 11.6 Å². The number of aliphatic hydroxyl groups excluding tert-OH is 1. The van der Waals surface area contributed by atoms with E-state index in [1.54, 1.807) is 43.3 Å². The molecule has 0 bridgehead atoms. The Morgan fingerprint density at radius 1 is 1.23 bits per heavy atom. The summed E-state index contributed by atoms with van der Waals surface area (Å²) < 4.78 is 14.7. The first kappa shape index (κ1) is 22.6.